The number of nitrogens with zero attached hydrogens (tertiary/aromatic N) is 1. The Morgan fingerprint density at radius 1 is 1.11 bits per heavy atom. The summed E-state index contributed by atoms with van der Waals surface area (Å²) >= 11 is 1.63. The average Bonchev–Trinajstić information content (AvgIpc) is 3.39. The van der Waals surface area contributed by atoms with Gasteiger partial charge in [-0.1, -0.05) is 30.3 Å². The molecule has 1 amide bonds. The van der Waals surface area contributed by atoms with E-state index in [0.29, 0.717) is 11.3 Å². The molecule has 0 fully saturated rings. The number of aromatic nitrogens is 2. The first-order valence-electron chi connectivity index (χ1n) is 8.48. The number of carbonyl (C=O) groups excluding carboxylic acids is 1. The topological polar surface area (TPSA) is 67.0 Å². The highest BCUT2D eigenvalue weighted by Gasteiger charge is 2.28. The number of aromatic amines is 1. The quantitative estimate of drug-likeness (QED) is 0.507. The summed E-state index contributed by atoms with van der Waals surface area (Å²) in [4.78, 5) is 20.6. The molecule has 1 aliphatic rings. The van der Waals surface area contributed by atoms with Gasteiger partial charge in [-0.05, 0) is 24.3 Å². The predicted molar refractivity (Wildman–Crippen MR) is 109 cm³/mol. The molecule has 1 aliphatic heterocycles. The van der Waals surface area contributed by atoms with Crippen molar-refractivity contribution < 1.29 is 9.53 Å². The van der Waals surface area contributed by atoms with Gasteiger partial charge in [-0.2, -0.15) is 0 Å². The highest BCUT2D eigenvalue weighted by atomic mass is 32.1. The maximum Gasteiger partial charge on any atom is 0.256 e. The van der Waals surface area contributed by atoms with Gasteiger partial charge >= 0.3 is 0 Å². The third kappa shape index (κ3) is 2.53. The van der Waals surface area contributed by atoms with Crippen LogP contribution in [0.25, 0.3) is 32.4 Å². The summed E-state index contributed by atoms with van der Waals surface area (Å²) in [6.07, 6.45) is 3.61. The first-order chi connectivity index (χ1) is 13.2. The Balaban J connectivity index is 1.71. The zero-order valence-corrected chi connectivity index (χ0v) is 15.3. The fraction of sp³-hybridized carbons (Fsp3) is 0.0476. The van der Waals surface area contributed by atoms with E-state index in [-0.39, 0.29) is 5.91 Å². The van der Waals surface area contributed by atoms with E-state index in [0.717, 1.165) is 37.7 Å². The fourth-order valence-electron chi connectivity index (χ4n) is 3.32. The van der Waals surface area contributed by atoms with Crippen LogP contribution >= 0.6 is 11.3 Å². The van der Waals surface area contributed by atoms with E-state index in [1.54, 1.807) is 24.6 Å². The molecule has 2 aromatic carbocycles. The second-order valence-electron chi connectivity index (χ2n) is 6.19. The fourth-order valence-corrected chi connectivity index (χ4v) is 4.30. The number of methoxy groups -OCH3 is 1. The molecule has 0 saturated carbocycles. The summed E-state index contributed by atoms with van der Waals surface area (Å²) < 4.78 is 6.40. The third-order valence-corrected chi connectivity index (χ3v) is 5.66. The van der Waals surface area contributed by atoms with Gasteiger partial charge in [-0.25, -0.2) is 4.98 Å². The Morgan fingerprint density at radius 2 is 1.96 bits per heavy atom. The van der Waals surface area contributed by atoms with E-state index in [1.165, 1.54) is 0 Å². The standard InChI is InChI=1S/C21H15N3O2S/c1-26-16-9-10-22-15(16)11-13-18-14(23-20(13)25)7-8-17-19(18)24-21(27-17)12-5-3-2-4-6-12/h2-11,22H,1H3,(H,23,25)/b13-11+. The maximum atomic E-state index is 12.6. The van der Waals surface area contributed by atoms with Crippen LogP contribution in [0.15, 0.2) is 54.7 Å². The number of fused-ring (bicyclic) bond motifs is 3. The van der Waals surface area contributed by atoms with E-state index < -0.39 is 0 Å². The highest BCUT2D eigenvalue weighted by molar-refractivity contribution is 7.21. The molecule has 0 radical (unpaired) electrons. The van der Waals surface area contributed by atoms with Gasteiger partial charge < -0.3 is 15.0 Å². The van der Waals surface area contributed by atoms with Crippen molar-refractivity contribution in [3.63, 3.8) is 0 Å². The van der Waals surface area contributed by atoms with Crippen molar-refractivity contribution in [3.05, 3.63) is 66.0 Å². The van der Waals surface area contributed by atoms with Gasteiger partial charge in [0.25, 0.3) is 5.91 Å². The van der Waals surface area contributed by atoms with E-state index in [2.05, 4.69) is 10.3 Å². The van der Waals surface area contributed by atoms with Crippen LogP contribution in [0, 0.1) is 0 Å². The van der Waals surface area contributed by atoms with Crippen LogP contribution in [0.2, 0.25) is 0 Å². The number of rotatable bonds is 3. The van der Waals surface area contributed by atoms with E-state index in [4.69, 9.17) is 9.72 Å². The number of hydrogen-bond donors (Lipinski definition) is 2. The number of nitrogens with one attached hydrogen (secondary N) is 2. The molecule has 0 bridgehead atoms. The molecular formula is C21H15N3O2S. The van der Waals surface area contributed by atoms with Crippen LogP contribution in [-0.2, 0) is 4.79 Å². The predicted octanol–water partition coefficient (Wildman–Crippen LogP) is 4.79. The van der Waals surface area contributed by atoms with Crippen molar-refractivity contribution >= 4 is 44.8 Å². The summed E-state index contributed by atoms with van der Waals surface area (Å²) in [5.41, 5.74) is 4.88. The smallest absolute Gasteiger partial charge is 0.256 e. The zero-order chi connectivity index (χ0) is 18.4. The number of anilines is 1. The van der Waals surface area contributed by atoms with Crippen LogP contribution in [0.5, 0.6) is 5.75 Å². The summed E-state index contributed by atoms with van der Waals surface area (Å²) in [6, 6.07) is 15.9. The molecule has 27 heavy (non-hydrogen) atoms. The molecule has 132 valence electrons. The number of thiazole rings is 1. The molecular weight excluding hydrogens is 358 g/mol. The first kappa shape index (κ1) is 15.8. The molecule has 0 spiro atoms. The lowest BCUT2D eigenvalue weighted by Gasteiger charge is -2.01. The molecule has 0 unspecified atom stereocenters. The minimum absolute atomic E-state index is 0.136. The second-order valence-corrected chi connectivity index (χ2v) is 7.22. The van der Waals surface area contributed by atoms with Gasteiger partial charge in [-0.15, -0.1) is 11.3 Å². The van der Waals surface area contributed by atoms with Crippen molar-refractivity contribution in [2.75, 3.05) is 12.4 Å². The minimum Gasteiger partial charge on any atom is -0.495 e. The van der Waals surface area contributed by atoms with Gasteiger partial charge in [0.05, 0.1) is 34.3 Å². The Kier molecular flexibility index (Phi) is 3.58. The van der Waals surface area contributed by atoms with Crippen LogP contribution in [-0.4, -0.2) is 23.0 Å². The number of hydrogen-bond acceptors (Lipinski definition) is 4. The van der Waals surface area contributed by atoms with Gasteiger partial charge in [0.15, 0.2) is 0 Å². The van der Waals surface area contributed by atoms with Gasteiger partial charge in [0.2, 0.25) is 0 Å². The summed E-state index contributed by atoms with van der Waals surface area (Å²) in [7, 11) is 1.61. The van der Waals surface area contributed by atoms with Crippen LogP contribution in [0.3, 0.4) is 0 Å². The Bertz CT molecular complexity index is 1200. The first-order valence-corrected chi connectivity index (χ1v) is 9.30. The number of ether oxygens (including phenoxy) is 1. The van der Waals surface area contributed by atoms with Crippen molar-refractivity contribution in [2.24, 2.45) is 0 Å². The zero-order valence-electron chi connectivity index (χ0n) is 14.4. The maximum absolute atomic E-state index is 12.6. The lowest BCUT2D eigenvalue weighted by molar-refractivity contribution is -0.110. The van der Waals surface area contributed by atoms with Crippen LogP contribution in [0.4, 0.5) is 5.69 Å². The minimum atomic E-state index is -0.136. The van der Waals surface area contributed by atoms with Crippen LogP contribution < -0.4 is 10.1 Å². The van der Waals surface area contributed by atoms with Gasteiger partial charge in [0, 0.05) is 17.3 Å². The molecule has 0 saturated heterocycles. The number of benzene rings is 2. The monoisotopic (exact) mass is 373 g/mol. The molecule has 2 aromatic heterocycles. The van der Waals surface area contributed by atoms with Crippen molar-refractivity contribution in [1.82, 2.24) is 9.97 Å². The van der Waals surface area contributed by atoms with Gasteiger partial charge in [-0.3, -0.25) is 4.79 Å². The molecule has 0 aliphatic carbocycles. The largest absolute Gasteiger partial charge is 0.495 e. The lowest BCUT2D eigenvalue weighted by atomic mass is 10.0. The number of H-pyrrole nitrogens is 1. The normalized spacial score (nSPS) is 14.6. The molecule has 5 rings (SSSR count). The molecule has 4 aromatic rings. The molecule has 2 N–H and O–H groups in total. The average molecular weight is 373 g/mol. The van der Waals surface area contributed by atoms with E-state index in [1.807, 2.05) is 54.6 Å². The third-order valence-electron chi connectivity index (χ3n) is 4.59. The molecule has 5 nitrogen and oxygen atoms in total. The van der Waals surface area contributed by atoms with Gasteiger partial charge in [0.1, 0.15) is 10.8 Å². The summed E-state index contributed by atoms with van der Waals surface area (Å²) in [5, 5.41) is 3.88. The summed E-state index contributed by atoms with van der Waals surface area (Å²) in [5.74, 6) is 0.558. The molecule has 6 heteroatoms. The summed E-state index contributed by atoms with van der Waals surface area (Å²) in [6.45, 7) is 0. The Labute approximate surface area is 159 Å². The Morgan fingerprint density at radius 3 is 2.78 bits per heavy atom. The van der Waals surface area contributed by atoms with E-state index in [9.17, 15) is 4.79 Å². The van der Waals surface area contributed by atoms with E-state index >= 15 is 0 Å². The van der Waals surface area contributed by atoms with Crippen molar-refractivity contribution in [3.8, 4) is 16.3 Å². The molecule has 3 heterocycles. The SMILES string of the molecule is COc1cc[nH]c1/C=C1/C(=O)Nc2ccc3sc(-c4ccccc4)nc3c21. The highest BCUT2D eigenvalue weighted by Crippen LogP contribution is 2.42. The lowest BCUT2D eigenvalue weighted by Crippen LogP contribution is -2.03. The number of carbonyl (C=O) groups is 1. The number of amides is 1. The van der Waals surface area contributed by atoms with Crippen LogP contribution in [0.1, 0.15) is 11.3 Å². The second kappa shape index (κ2) is 6.10. The van der Waals surface area contributed by atoms with Crippen molar-refractivity contribution in [1.29, 1.82) is 0 Å². The molecule has 0 atom stereocenters. The Hall–Kier alpha value is -3.38. The van der Waals surface area contributed by atoms with Crippen molar-refractivity contribution in [2.45, 2.75) is 0 Å².